The fourth-order valence-corrected chi connectivity index (χ4v) is 6.34. The van der Waals surface area contributed by atoms with Crippen LogP contribution in [0.3, 0.4) is 0 Å². The summed E-state index contributed by atoms with van der Waals surface area (Å²) in [7, 11) is 2.24. The highest BCUT2D eigenvalue weighted by molar-refractivity contribution is 5.17. The first kappa shape index (κ1) is 13.5. The summed E-state index contributed by atoms with van der Waals surface area (Å²) in [6.07, 6.45) is 8.65. The lowest BCUT2D eigenvalue weighted by Crippen LogP contribution is -2.57. The predicted octanol–water partition coefficient (Wildman–Crippen LogP) is 2.63. The molecule has 4 aliphatic rings. The topological polar surface area (TPSA) is 32.7 Å². The molecule has 0 unspecified atom stereocenters. The molecule has 2 aliphatic carbocycles. The number of hydrogen-bond acceptors (Lipinski definition) is 3. The van der Waals surface area contributed by atoms with E-state index in [1.165, 1.54) is 51.6 Å². The van der Waals surface area contributed by atoms with E-state index in [9.17, 15) is 5.11 Å². The van der Waals surface area contributed by atoms with Crippen molar-refractivity contribution < 1.29 is 9.84 Å². The zero-order chi connectivity index (χ0) is 14.0. The zero-order valence-electron chi connectivity index (χ0n) is 13.0. The molecule has 0 amide bonds. The summed E-state index contributed by atoms with van der Waals surface area (Å²) >= 11 is 0. The summed E-state index contributed by atoms with van der Waals surface area (Å²) in [5.74, 6) is 1.15. The summed E-state index contributed by atoms with van der Waals surface area (Å²) in [6, 6.07) is 0. The van der Waals surface area contributed by atoms with Gasteiger partial charge in [0.1, 0.15) is 0 Å². The number of ether oxygens (including phenoxy) is 1. The lowest BCUT2D eigenvalue weighted by molar-refractivity contribution is -0.303. The van der Waals surface area contributed by atoms with Gasteiger partial charge in [0.2, 0.25) is 0 Å². The van der Waals surface area contributed by atoms with Gasteiger partial charge < -0.3 is 14.7 Å². The SMILES string of the molecule is C[C@@H]1C[C@H]2C[C@H]3O[C@@](O)(C1)[C@]21CCCN(C)CCC[C@H]31. The molecule has 6 atom stereocenters. The number of hydrogen-bond donors (Lipinski definition) is 1. The van der Waals surface area contributed by atoms with E-state index < -0.39 is 5.79 Å². The van der Waals surface area contributed by atoms with Gasteiger partial charge in [0.25, 0.3) is 0 Å². The lowest BCUT2D eigenvalue weighted by atomic mass is 9.56. The van der Waals surface area contributed by atoms with Crippen molar-refractivity contribution in [2.24, 2.45) is 23.2 Å². The van der Waals surface area contributed by atoms with Crippen molar-refractivity contribution in [2.45, 2.75) is 63.8 Å². The molecule has 0 aromatic rings. The van der Waals surface area contributed by atoms with Crippen molar-refractivity contribution in [3.8, 4) is 0 Å². The third kappa shape index (κ3) is 1.63. The second kappa shape index (κ2) is 4.44. The van der Waals surface area contributed by atoms with Crippen molar-refractivity contribution in [3.63, 3.8) is 0 Å². The van der Waals surface area contributed by atoms with Crippen molar-refractivity contribution in [1.29, 1.82) is 0 Å². The molecule has 20 heavy (non-hydrogen) atoms. The Kier molecular flexibility index (Phi) is 3.00. The Morgan fingerprint density at radius 3 is 2.80 bits per heavy atom. The summed E-state index contributed by atoms with van der Waals surface area (Å²) in [4.78, 5) is 2.47. The summed E-state index contributed by atoms with van der Waals surface area (Å²) in [5, 5.41) is 11.3. The summed E-state index contributed by atoms with van der Waals surface area (Å²) in [5.41, 5.74) is 0.0926. The molecule has 1 N–H and O–H groups in total. The highest BCUT2D eigenvalue weighted by Gasteiger charge is 2.73. The summed E-state index contributed by atoms with van der Waals surface area (Å²) in [6.45, 7) is 4.67. The first-order chi connectivity index (χ1) is 9.55. The molecule has 0 aromatic heterocycles. The predicted molar refractivity (Wildman–Crippen MR) is 78.2 cm³/mol. The van der Waals surface area contributed by atoms with Crippen LogP contribution in [0, 0.1) is 23.2 Å². The minimum absolute atomic E-state index is 0.0926. The highest BCUT2D eigenvalue weighted by atomic mass is 16.6. The quantitative estimate of drug-likeness (QED) is 0.740. The van der Waals surface area contributed by atoms with Gasteiger partial charge in [0, 0.05) is 11.8 Å². The van der Waals surface area contributed by atoms with E-state index in [1.807, 2.05) is 0 Å². The van der Waals surface area contributed by atoms with Crippen LogP contribution < -0.4 is 0 Å². The van der Waals surface area contributed by atoms with E-state index in [0.29, 0.717) is 23.9 Å². The lowest BCUT2D eigenvalue weighted by Gasteiger charge is -2.53. The van der Waals surface area contributed by atoms with Gasteiger partial charge in [-0.05, 0) is 76.4 Å². The molecule has 0 radical (unpaired) electrons. The van der Waals surface area contributed by atoms with Gasteiger partial charge in [-0.2, -0.15) is 0 Å². The van der Waals surface area contributed by atoms with Crippen LogP contribution in [0.25, 0.3) is 0 Å². The van der Waals surface area contributed by atoms with E-state index in [-0.39, 0.29) is 5.41 Å². The first-order valence-corrected chi connectivity index (χ1v) is 8.64. The minimum atomic E-state index is -0.800. The van der Waals surface area contributed by atoms with Crippen molar-refractivity contribution in [2.75, 3.05) is 20.1 Å². The Labute approximate surface area is 122 Å². The van der Waals surface area contributed by atoms with Crippen molar-refractivity contribution >= 4 is 0 Å². The van der Waals surface area contributed by atoms with Crippen LogP contribution in [0.1, 0.15) is 51.9 Å². The number of aliphatic hydroxyl groups is 1. The normalized spacial score (nSPS) is 56.0. The van der Waals surface area contributed by atoms with Gasteiger partial charge >= 0.3 is 0 Å². The van der Waals surface area contributed by atoms with E-state index in [0.717, 1.165) is 6.42 Å². The molecule has 2 saturated carbocycles. The molecule has 0 aromatic carbocycles. The molecule has 114 valence electrons. The smallest absolute Gasteiger partial charge is 0.172 e. The van der Waals surface area contributed by atoms with E-state index in [4.69, 9.17) is 4.74 Å². The fourth-order valence-electron chi connectivity index (χ4n) is 6.34. The highest BCUT2D eigenvalue weighted by Crippen LogP contribution is 2.70. The molecule has 1 spiro atoms. The van der Waals surface area contributed by atoms with Crippen molar-refractivity contribution in [1.82, 2.24) is 4.90 Å². The molecule has 4 rings (SSSR count). The second-order valence-corrected chi connectivity index (χ2v) is 8.11. The van der Waals surface area contributed by atoms with Crippen LogP contribution in [-0.2, 0) is 4.74 Å². The van der Waals surface area contributed by atoms with Gasteiger partial charge in [0.05, 0.1) is 6.10 Å². The van der Waals surface area contributed by atoms with Gasteiger partial charge in [-0.25, -0.2) is 0 Å². The van der Waals surface area contributed by atoms with Crippen LogP contribution in [0.5, 0.6) is 0 Å². The zero-order valence-corrected chi connectivity index (χ0v) is 13.0. The van der Waals surface area contributed by atoms with E-state index in [1.54, 1.807) is 0 Å². The Morgan fingerprint density at radius 1 is 1.20 bits per heavy atom. The molecule has 2 saturated heterocycles. The van der Waals surface area contributed by atoms with Crippen LogP contribution in [0.4, 0.5) is 0 Å². The van der Waals surface area contributed by atoms with Crippen LogP contribution in [-0.4, -0.2) is 42.0 Å². The van der Waals surface area contributed by atoms with E-state index in [2.05, 4.69) is 18.9 Å². The van der Waals surface area contributed by atoms with E-state index >= 15 is 0 Å². The molecule has 4 fully saturated rings. The van der Waals surface area contributed by atoms with Gasteiger partial charge in [-0.1, -0.05) is 6.92 Å². The molecule has 2 aliphatic heterocycles. The largest absolute Gasteiger partial charge is 0.365 e. The Hall–Kier alpha value is -0.120. The third-order valence-corrected chi connectivity index (χ3v) is 6.93. The Balaban J connectivity index is 1.70. The summed E-state index contributed by atoms with van der Waals surface area (Å²) < 4.78 is 6.25. The van der Waals surface area contributed by atoms with Crippen molar-refractivity contribution in [3.05, 3.63) is 0 Å². The molecular weight excluding hydrogens is 250 g/mol. The Morgan fingerprint density at radius 2 is 2.00 bits per heavy atom. The average Bonchev–Trinajstić information content (AvgIpc) is 2.77. The second-order valence-electron chi connectivity index (χ2n) is 8.11. The first-order valence-electron chi connectivity index (χ1n) is 8.64. The fraction of sp³-hybridized carbons (Fsp3) is 1.00. The standard InChI is InChI=1S/C17H29NO2/c1-12-9-13-10-15-14-5-3-7-18(2)8-4-6-16(13,14)17(19,11-12)20-15/h12-15,19H,3-11H2,1-2H3/t12-,13+,14-,15-,16-,17+/m1/s1. The maximum atomic E-state index is 11.3. The number of rotatable bonds is 0. The van der Waals surface area contributed by atoms with Crippen LogP contribution in [0.15, 0.2) is 0 Å². The van der Waals surface area contributed by atoms with Gasteiger partial charge in [0.15, 0.2) is 5.79 Å². The third-order valence-electron chi connectivity index (χ3n) is 6.93. The average molecular weight is 279 g/mol. The molecule has 2 heterocycles. The monoisotopic (exact) mass is 279 g/mol. The Bertz CT molecular complexity index is 400. The molecular formula is C17H29NO2. The number of nitrogens with zero attached hydrogens (tertiary/aromatic N) is 1. The molecule has 2 bridgehead atoms. The van der Waals surface area contributed by atoms with Crippen LogP contribution >= 0.6 is 0 Å². The molecule has 3 heteroatoms. The minimum Gasteiger partial charge on any atom is -0.365 e. The van der Waals surface area contributed by atoms with Gasteiger partial charge in [-0.15, -0.1) is 0 Å². The maximum absolute atomic E-state index is 11.3. The molecule has 3 nitrogen and oxygen atoms in total. The maximum Gasteiger partial charge on any atom is 0.172 e. The van der Waals surface area contributed by atoms with Crippen LogP contribution in [0.2, 0.25) is 0 Å². The van der Waals surface area contributed by atoms with Gasteiger partial charge in [-0.3, -0.25) is 0 Å².